The van der Waals surface area contributed by atoms with Crippen LogP contribution in [0.5, 0.6) is 0 Å². The van der Waals surface area contributed by atoms with Crippen LogP contribution in [0.15, 0.2) is 0 Å². The van der Waals surface area contributed by atoms with Crippen LogP contribution in [0, 0.1) is 0 Å². The average molecular weight is 276 g/mol. The van der Waals surface area contributed by atoms with E-state index in [4.69, 9.17) is 25.3 Å². The van der Waals surface area contributed by atoms with Crippen LogP contribution in [-0.2, 0) is 19.2 Å². The Morgan fingerprint density at radius 1 is 0.882 bits per heavy atom. The summed E-state index contributed by atoms with van der Waals surface area (Å²) in [6.45, 7) is 2.00. The van der Waals surface area contributed by atoms with Gasteiger partial charge in [-0.05, 0) is 0 Å². The normalized spacial score (nSPS) is 6.88. The maximum absolute atomic E-state index is 9.54. The van der Waals surface area contributed by atoms with Crippen molar-refractivity contribution in [1.82, 2.24) is 0 Å². The number of carboxylic acid groups (broad SMARTS) is 2. The van der Waals surface area contributed by atoms with Gasteiger partial charge < -0.3 is 25.3 Å². The van der Waals surface area contributed by atoms with Gasteiger partial charge in [-0.1, -0.05) is 0 Å². The number of hydrogen-bond donors (Lipinski definition) is 4. The number of Topliss-reactive ketones (excluding diaryl/α,β-unsaturated/α-hetero) is 2. The number of rotatable bonds is 2. The van der Waals surface area contributed by atoms with Crippen molar-refractivity contribution in [3.63, 3.8) is 0 Å². The molecule has 17 heavy (non-hydrogen) atoms. The van der Waals surface area contributed by atoms with E-state index in [1.807, 2.05) is 0 Å². The van der Waals surface area contributed by atoms with Crippen LogP contribution in [0.2, 0.25) is 0 Å². The summed E-state index contributed by atoms with van der Waals surface area (Å²) >= 11 is 0. The maximum atomic E-state index is 9.54. The molecule has 0 aliphatic rings. The molecule has 0 aliphatic carbocycles. The zero-order valence-corrected chi connectivity index (χ0v) is 12.5. The molecule has 0 heterocycles. The van der Waals surface area contributed by atoms with Crippen molar-refractivity contribution >= 4 is 30.8 Å². The van der Waals surface area contributed by atoms with Gasteiger partial charge in [-0.15, -0.1) is 0 Å². The van der Waals surface area contributed by atoms with E-state index in [0.29, 0.717) is 0 Å². The largest absolute Gasteiger partial charge is 1.00 e. The molecule has 0 saturated carbocycles. The minimum absolute atomic E-state index is 0. The molecule has 0 atom stereocenters. The number of carboxylic acids is 2. The Bertz CT molecular complexity index is 213. The Kier molecular flexibility index (Phi) is 23.9. The SMILES string of the molecule is CC(=O)C(=O)O.CC(=O)C(=O)O.[K+].[O-]B(O)O. The summed E-state index contributed by atoms with van der Waals surface area (Å²) < 4.78 is 0. The zero-order chi connectivity index (χ0) is 13.9. The quantitative estimate of drug-likeness (QED) is 0.282. The second-order valence-corrected chi connectivity index (χ2v) is 2.05. The predicted octanol–water partition coefficient (Wildman–Crippen LogP) is -6.36. The molecule has 9 nitrogen and oxygen atoms in total. The molecule has 92 valence electrons. The van der Waals surface area contributed by atoms with E-state index in [1.165, 1.54) is 0 Å². The fourth-order valence-electron chi connectivity index (χ4n) is 0. The molecule has 0 radical (unpaired) electrons. The predicted molar refractivity (Wildman–Crippen MR) is 46.8 cm³/mol. The molecule has 0 amide bonds. The standard InChI is InChI=1S/2C3H4O3.BH2O3.K/c2*1-2(4)3(5)6;2-1(3)4;/h2*1H3,(H,5,6);2-3H;/q;;-1;+1. The Morgan fingerprint density at radius 2 is 0.941 bits per heavy atom. The van der Waals surface area contributed by atoms with Gasteiger partial charge in [0.05, 0.1) is 0 Å². The van der Waals surface area contributed by atoms with Gasteiger partial charge in [0.25, 0.3) is 0 Å². The Hall–Kier alpha value is -0.139. The van der Waals surface area contributed by atoms with Crippen LogP contribution in [0.3, 0.4) is 0 Å². The first-order valence-electron chi connectivity index (χ1n) is 3.52. The summed E-state index contributed by atoms with van der Waals surface area (Å²) in [6.07, 6.45) is 0. The summed E-state index contributed by atoms with van der Waals surface area (Å²) in [5.74, 6) is -4.41. The second kappa shape index (κ2) is 15.9. The van der Waals surface area contributed by atoms with Gasteiger partial charge in [0.15, 0.2) is 0 Å². The number of aliphatic carboxylic acids is 2. The number of hydrogen-bond acceptors (Lipinski definition) is 7. The van der Waals surface area contributed by atoms with E-state index in [1.54, 1.807) is 0 Å². The van der Waals surface area contributed by atoms with Crippen molar-refractivity contribution < 1.29 is 95.8 Å². The van der Waals surface area contributed by atoms with Crippen LogP contribution in [0.1, 0.15) is 13.8 Å². The molecular weight excluding hydrogens is 266 g/mol. The zero-order valence-electron chi connectivity index (χ0n) is 9.41. The third kappa shape index (κ3) is 49.3. The average Bonchev–Trinajstić information content (AvgIpc) is 2.03. The first kappa shape index (κ1) is 25.6. The molecule has 0 aromatic heterocycles. The summed E-state index contributed by atoms with van der Waals surface area (Å²) in [6, 6.07) is 0. The van der Waals surface area contributed by atoms with Crippen LogP contribution in [0.4, 0.5) is 0 Å². The van der Waals surface area contributed by atoms with E-state index < -0.39 is 30.8 Å². The first-order chi connectivity index (χ1) is 7.02. The summed E-state index contributed by atoms with van der Waals surface area (Å²) in [7, 11) is -2.42. The fraction of sp³-hybridized carbons (Fsp3) is 0.333. The molecule has 11 heteroatoms. The second-order valence-electron chi connectivity index (χ2n) is 2.05. The molecule has 0 aliphatic heterocycles. The van der Waals surface area contributed by atoms with Gasteiger partial charge in [0.1, 0.15) is 0 Å². The van der Waals surface area contributed by atoms with Crippen molar-refractivity contribution in [3.05, 3.63) is 0 Å². The number of ketones is 2. The van der Waals surface area contributed by atoms with Crippen molar-refractivity contribution in [2.24, 2.45) is 0 Å². The third-order valence-electron chi connectivity index (χ3n) is 0.602. The van der Waals surface area contributed by atoms with Gasteiger partial charge in [-0.3, -0.25) is 9.59 Å². The van der Waals surface area contributed by atoms with Gasteiger partial charge >= 0.3 is 70.6 Å². The Balaban J connectivity index is -0.0000000741. The van der Waals surface area contributed by atoms with Gasteiger partial charge in [-0.25, -0.2) is 9.59 Å². The monoisotopic (exact) mass is 276 g/mol. The van der Waals surface area contributed by atoms with E-state index in [0.717, 1.165) is 13.8 Å². The molecule has 0 aromatic carbocycles. The topological polar surface area (TPSA) is 172 Å². The van der Waals surface area contributed by atoms with E-state index in [9.17, 15) is 19.2 Å². The van der Waals surface area contributed by atoms with Gasteiger partial charge in [0.2, 0.25) is 11.6 Å². The Morgan fingerprint density at radius 3 is 0.941 bits per heavy atom. The number of carbonyl (C=O) groups excluding carboxylic acids is 2. The van der Waals surface area contributed by atoms with Crippen LogP contribution in [0.25, 0.3) is 0 Å². The van der Waals surface area contributed by atoms with Gasteiger partial charge in [0, 0.05) is 13.8 Å². The van der Waals surface area contributed by atoms with E-state index in [-0.39, 0.29) is 51.4 Å². The molecule has 0 aromatic rings. The third-order valence-corrected chi connectivity index (χ3v) is 0.602. The van der Waals surface area contributed by atoms with Crippen molar-refractivity contribution in [3.8, 4) is 0 Å². The van der Waals surface area contributed by atoms with Crippen molar-refractivity contribution in [2.45, 2.75) is 13.8 Å². The molecule has 0 bridgehead atoms. The first-order valence-corrected chi connectivity index (χ1v) is 3.52. The maximum Gasteiger partial charge on any atom is 1.00 e. The molecule has 0 unspecified atom stereocenters. The summed E-state index contributed by atoms with van der Waals surface area (Å²) in [5, 5.41) is 38.0. The minimum Gasteiger partial charge on any atom is -0.832 e. The van der Waals surface area contributed by atoms with Crippen molar-refractivity contribution in [1.29, 1.82) is 0 Å². The van der Waals surface area contributed by atoms with E-state index >= 15 is 0 Å². The van der Waals surface area contributed by atoms with Crippen LogP contribution < -0.4 is 56.4 Å². The van der Waals surface area contributed by atoms with Gasteiger partial charge in [-0.2, -0.15) is 0 Å². The molecule has 0 spiro atoms. The molecule has 0 saturated heterocycles. The summed E-state index contributed by atoms with van der Waals surface area (Å²) in [4.78, 5) is 37.8. The van der Waals surface area contributed by atoms with Crippen molar-refractivity contribution in [2.75, 3.05) is 0 Å². The minimum atomic E-state index is -2.42. The molecule has 4 N–H and O–H groups in total. The fourth-order valence-corrected chi connectivity index (χ4v) is 0. The summed E-state index contributed by atoms with van der Waals surface area (Å²) in [5.41, 5.74) is 0. The Labute approximate surface area is 139 Å². The smallest absolute Gasteiger partial charge is 0.832 e. The van der Waals surface area contributed by atoms with Crippen LogP contribution in [-0.4, -0.2) is 51.1 Å². The number of carbonyl (C=O) groups is 4. The van der Waals surface area contributed by atoms with Crippen LogP contribution >= 0.6 is 0 Å². The molecule has 0 fully saturated rings. The molecule has 0 rings (SSSR count). The molecular formula is C6H10BKO9. The van der Waals surface area contributed by atoms with E-state index in [2.05, 4.69) is 0 Å².